The first-order valence-electron chi connectivity index (χ1n) is 7.83. The molecule has 2 aliphatic rings. The van der Waals surface area contributed by atoms with Crippen LogP contribution in [-0.2, 0) is 21.1 Å². The van der Waals surface area contributed by atoms with Crippen LogP contribution in [0.1, 0.15) is 36.4 Å². The summed E-state index contributed by atoms with van der Waals surface area (Å²) in [5, 5.41) is 6.00. The predicted octanol–water partition coefficient (Wildman–Crippen LogP) is 1.52. The smallest absolute Gasteiger partial charge is 0.242 e. The topological polar surface area (TPSA) is 75.3 Å². The van der Waals surface area contributed by atoms with E-state index in [1.807, 2.05) is 0 Å². The number of sulfone groups is 1. The molecule has 1 heterocycles. The van der Waals surface area contributed by atoms with Crippen LogP contribution in [0.15, 0.2) is 18.2 Å². The predicted molar refractivity (Wildman–Crippen MR) is 92.5 cm³/mol. The summed E-state index contributed by atoms with van der Waals surface area (Å²) in [5.74, 6) is -0.717. The van der Waals surface area contributed by atoms with E-state index in [1.165, 1.54) is 12.1 Å². The van der Waals surface area contributed by atoms with E-state index in [1.54, 1.807) is 6.07 Å². The van der Waals surface area contributed by atoms with Crippen LogP contribution in [0.2, 0.25) is 0 Å². The van der Waals surface area contributed by atoms with E-state index in [4.69, 9.17) is 0 Å². The average molecular weight is 377 g/mol. The van der Waals surface area contributed by atoms with E-state index in [2.05, 4.69) is 10.6 Å². The van der Waals surface area contributed by atoms with Gasteiger partial charge in [-0.1, -0.05) is 6.07 Å². The summed E-state index contributed by atoms with van der Waals surface area (Å²) in [5.41, 5.74) is 1.77. The normalized spacial score (nSPS) is 22.3. The summed E-state index contributed by atoms with van der Waals surface area (Å²) in [4.78, 5) is 12.8. The molecular formula is C16H22ClFN2O3S. The maximum absolute atomic E-state index is 13.3. The molecule has 134 valence electrons. The zero-order valence-electron chi connectivity index (χ0n) is 13.5. The summed E-state index contributed by atoms with van der Waals surface area (Å²) in [6, 6.07) is 4.29. The van der Waals surface area contributed by atoms with Crippen LogP contribution in [0, 0.1) is 5.82 Å². The fraction of sp³-hybridized carbons (Fsp3) is 0.562. The van der Waals surface area contributed by atoms with E-state index in [9.17, 15) is 17.6 Å². The van der Waals surface area contributed by atoms with Crippen molar-refractivity contribution in [2.75, 3.05) is 19.3 Å². The molecule has 0 aromatic heterocycles. The number of hydrogen-bond acceptors (Lipinski definition) is 4. The average Bonchev–Trinajstić information content (AvgIpc) is 2.89. The van der Waals surface area contributed by atoms with Crippen LogP contribution in [-0.4, -0.2) is 38.4 Å². The van der Waals surface area contributed by atoms with Gasteiger partial charge in [0.05, 0.1) is 6.04 Å². The minimum atomic E-state index is -3.52. The third-order valence-electron chi connectivity index (χ3n) is 5.02. The third kappa shape index (κ3) is 3.30. The third-order valence-corrected chi connectivity index (χ3v) is 7.04. The van der Waals surface area contributed by atoms with Gasteiger partial charge in [-0.2, -0.15) is 0 Å². The Balaban J connectivity index is 0.00000208. The molecule has 24 heavy (non-hydrogen) atoms. The van der Waals surface area contributed by atoms with Crippen molar-refractivity contribution >= 4 is 28.2 Å². The van der Waals surface area contributed by atoms with Gasteiger partial charge < -0.3 is 10.6 Å². The highest BCUT2D eigenvalue weighted by atomic mass is 35.5. The lowest BCUT2D eigenvalue weighted by molar-refractivity contribution is -0.125. The van der Waals surface area contributed by atoms with Crippen LogP contribution in [0.4, 0.5) is 4.39 Å². The molecule has 1 saturated heterocycles. The molecule has 0 radical (unpaired) electrons. The summed E-state index contributed by atoms with van der Waals surface area (Å²) in [6.45, 7) is 1.01. The van der Waals surface area contributed by atoms with Gasteiger partial charge in [0.2, 0.25) is 5.91 Å². The molecule has 2 N–H and O–H groups in total. The van der Waals surface area contributed by atoms with Crippen molar-refractivity contribution in [2.24, 2.45) is 0 Å². The van der Waals surface area contributed by atoms with Crippen molar-refractivity contribution in [2.45, 2.75) is 36.5 Å². The minimum Gasteiger partial charge on any atom is -0.348 e. The molecule has 1 aliphatic heterocycles. The van der Waals surface area contributed by atoms with Crippen LogP contribution >= 0.6 is 12.4 Å². The number of fused-ring (bicyclic) bond motifs is 1. The number of halogens is 2. The number of rotatable bonds is 3. The number of piperidine rings is 1. The molecule has 0 spiro atoms. The van der Waals surface area contributed by atoms with Gasteiger partial charge in [-0.3, -0.25) is 4.79 Å². The van der Waals surface area contributed by atoms with Crippen molar-refractivity contribution in [3.8, 4) is 0 Å². The lowest BCUT2D eigenvalue weighted by Crippen LogP contribution is -2.57. The fourth-order valence-corrected chi connectivity index (χ4v) is 4.96. The Kier molecular flexibility index (Phi) is 5.57. The molecule has 1 aliphatic carbocycles. The maximum atomic E-state index is 13.3. The Bertz CT molecular complexity index is 733. The summed E-state index contributed by atoms with van der Waals surface area (Å²) in [6.07, 6.45) is 3.05. The molecule has 3 rings (SSSR count). The standard InChI is InChI=1S/C16H21FN2O3S.ClH/c1-23(21,22)16(6-8-18-9-7-16)15(20)19-14-5-2-11-10-12(17)3-4-13(11)14;/h3-4,10,14,18H,2,5-9H2,1H3,(H,19,20);1H. The molecule has 1 fully saturated rings. The van der Waals surface area contributed by atoms with Gasteiger partial charge in [-0.05, 0) is 62.0 Å². The Morgan fingerprint density at radius 1 is 1.33 bits per heavy atom. The minimum absolute atomic E-state index is 0. The van der Waals surface area contributed by atoms with Crippen LogP contribution in [0.25, 0.3) is 0 Å². The molecule has 1 unspecified atom stereocenters. The SMILES string of the molecule is CS(=O)(=O)C1(C(=O)NC2CCc3cc(F)ccc32)CCNCC1.Cl. The van der Waals surface area contributed by atoms with Crippen molar-refractivity contribution in [3.05, 3.63) is 35.1 Å². The second-order valence-electron chi connectivity index (χ2n) is 6.42. The highest BCUT2D eigenvalue weighted by Crippen LogP contribution is 2.34. The summed E-state index contributed by atoms with van der Waals surface area (Å²) >= 11 is 0. The molecular weight excluding hydrogens is 355 g/mol. The van der Waals surface area contributed by atoms with E-state index >= 15 is 0 Å². The Morgan fingerprint density at radius 2 is 2.00 bits per heavy atom. The number of nitrogens with one attached hydrogen (secondary N) is 2. The second kappa shape index (κ2) is 6.98. The number of aryl methyl sites for hydroxylation is 1. The number of amides is 1. The number of benzene rings is 1. The molecule has 1 aromatic carbocycles. The van der Waals surface area contributed by atoms with Gasteiger partial charge in [0.25, 0.3) is 0 Å². The Morgan fingerprint density at radius 3 is 2.62 bits per heavy atom. The first-order valence-corrected chi connectivity index (χ1v) is 9.72. The van der Waals surface area contributed by atoms with E-state index in [0.717, 1.165) is 17.4 Å². The van der Waals surface area contributed by atoms with Gasteiger partial charge >= 0.3 is 0 Å². The molecule has 8 heteroatoms. The van der Waals surface area contributed by atoms with Gasteiger partial charge in [-0.25, -0.2) is 12.8 Å². The number of carbonyl (C=O) groups excluding carboxylic acids is 1. The molecule has 1 amide bonds. The van der Waals surface area contributed by atoms with E-state index in [-0.39, 0.29) is 37.1 Å². The van der Waals surface area contributed by atoms with Gasteiger partial charge in [0, 0.05) is 6.26 Å². The second-order valence-corrected chi connectivity index (χ2v) is 8.75. The maximum Gasteiger partial charge on any atom is 0.242 e. The first-order chi connectivity index (χ1) is 10.8. The summed E-state index contributed by atoms with van der Waals surface area (Å²) in [7, 11) is -3.52. The number of carbonyl (C=O) groups is 1. The van der Waals surface area contributed by atoms with Crippen LogP contribution in [0.5, 0.6) is 0 Å². The highest BCUT2D eigenvalue weighted by Gasteiger charge is 2.49. The van der Waals surface area contributed by atoms with Crippen molar-refractivity contribution in [1.29, 1.82) is 0 Å². The van der Waals surface area contributed by atoms with Gasteiger partial charge in [0.1, 0.15) is 5.82 Å². The molecule has 0 saturated carbocycles. The van der Waals surface area contributed by atoms with Gasteiger partial charge in [0.15, 0.2) is 14.6 Å². The zero-order chi connectivity index (χ0) is 16.7. The fourth-order valence-electron chi connectivity index (χ4n) is 3.62. The lowest BCUT2D eigenvalue weighted by atomic mass is 9.95. The van der Waals surface area contributed by atoms with Crippen molar-refractivity contribution in [3.63, 3.8) is 0 Å². The van der Waals surface area contributed by atoms with Crippen molar-refractivity contribution < 1.29 is 17.6 Å². The van der Waals surface area contributed by atoms with Gasteiger partial charge in [-0.15, -0.1) is 12.4 Å². The summed E-state index contributed by atoms with van der Waals surface area (Å²) < 4.78 is 36.5. The largest absolute Gasteiger partial charge is 0.348 e. The Hall–Kier alpha value is -1.18. The number of hydrogen-bond donors (Lipinski definition) is 2. The molecule has 0 bridgehead atoms. The van der Waals surface area contributed by atoms with Crippen molar-refractivity contribution in [1.82, 2.24) is 10.6 Å². The van der Waals surface area contributed by atoms with E-state index in [0.29, 0.717) is 25.9 Å². The highest BCUT2D eigenvalue weighted by molar-refractivity contribution is 7.92. The van der Waals surface area contributed by atoms with Crippen LogP contribution < -0.4 is 10.6 Å². The lowest BCUT2D eigenvalue weighted by Gasteiger charge is -2.35. The monoisotopic (exact) mass is 376 g/mol. The Labute approximate surface area is 147 Å². The molecule has 5 nitrogen and oxygen atoms in total. The van der Waals surface area contributed by atoms with E-state index < -0.39 is 20.5 Å². The van der Waals surface area contributed by atoms with Crippen LogP contribution in [0.3, 0.4) is 0 Å². The molecule has 1 aromatic rings. The first kappa shape index (κ1) is 19.1. The zero-order valence-corrected chi connectivity index (χ0v) is 15.1. The molecule has 1 atom stereocenters. The quantitative estimate of drug-likeness (QED) is 0.838.